The van der Waals surface area contributed by atoms with Gasteiger partial charge in [0, 0.05) is 0 Å². The standard InChI is InChI=1S/C20H22N4O/c1-3-14-7-9-15(10-8-14)19-12-18(23-20-21-13-22-24(19)20)16-5-4-6-17(11-16)25-2/h4-11,13,18-19H,3,12H2,1-2H3,(H,21,22,23)/t18-,19+/m0/s1. The molecule has 1 aliphatic heterocycles. The molecular formula is C20H22N4O. The van der Waals surface area contributed by atoms with Crippen LogP contribution in [0.2, 0.25) is 0 Å². The van der Waals surface area contributed by atoms with Crippen molar-refractivity contribution < 1.29 is 4.74 Å². The summed E-state index contributed by atoms with van der Waals surface area (Å²) in [5, 5.41) is 7.94. The first-order chi connectivity index (χ1) is 12.3. The molecular weight excluding hydrogens is 312 g/mol. The quantitative estimate of drug-likeness (QED) is 0.784. The molecule has 2 atom stereocenters. The Labute approximate surface area is 147 Å². The normalized spacial score (nSPS) is 19.1. The van der Waals surface area contributed by atoms with Gasteiger partial charge in [-0.3, -0.25) is 0 Å². The molecule has 0 spiro atoms. The SMILES string of the molecule is CCc1ccc([C@H]2C[C@@H](c3cccc(OC)c3)Nc3ncnn32)cc1. The Morgan fingerprint density at radius 3 is 2.76 bits per heavy atom. The molecule has 0 aliphatic carbocycles. The molecule has 4 rings (SSSR count). The van der Waals surface area contributed by atoms with Crippen molar-refractivity contribution in [1.29, 1.82) is 0 Å². The zero-order valence-electron chi connectivity index (χ0n) is 14.5. The highest BCUT2D eigenvalue weighted by Gasteiger charge is 2.30. The summed E-state index contributed by atoms with van der Waals surface area (Å²) in [7, 11) is 1.70. The van der Waals surface area contributed by atoms with Crippen LogP contribution in [-0.2, 0) is 6.42 Å². The Hall–Kier alpha value is -2.82. The molecule has 5 heteroatoms. The number of hydrogen-bond donors (Lipinski definition) is 1. The third kappa shape index (κ3) is 2.97. The molecule has 0 saturated carbocycles. The molecule has 128 valence electrons. The molecule has 0 fully saturated rings. The fourth-order valence-electron chi connectivity index (χ4n) is 3.45. The first kappa shape index (κ1) is 15.7. The van der Waals surface area contributed by atoms with Gasteiger partial charge in [0.25, 0.3) is 0 Å². The van der Waals surface area contributed by atoms with Crippen molar-refractivity contribution in [2.24, 2.45) is 0 Å². The van der Waals surface area contributed by atoms with E-state index in [0.29, 0.717) is 0 Å². The van der Waals surface area contributed by atoms with Crippen LogP contribution in [0.5, 0.6) is 5.75 Å². The van der Waals surface area contributed by atoms with E-state index in [4.69, 9.17) is 4.74 Å². The number of nitrogens with zero attached hydrogens (tertiary/aromatic N) is 3. The number of fused-ring (bicyclic) bond motifs is 1. The van der Waals surface area contributed by atoms with Crippen molar-refractivity contribution in [3.05, 3.63) is 71.5 Å². The average Bonchev–Trinajstić information content (AvgIpc) is 3.16. The predicted octanol–water partition coefficient (Wildman–Crippen LogP) is 4.00. The number of anilines is 1. The van der Waals surface area contributed by atoms with Crippen LogP contribution in [0.3, 0.4) is 0 Å². The zero-order valence-corrected chi connectivity index (χ0v) is 14.5. The minimum atomic E-state index is 0.167. The van der Waals surface area contributed by atoms with E-state index in [1.165, 1.54) is 16.7 Å². The highest BCUT2D eigenvalue weighted by Crippen LogP contribution is 2.38. The molecule has 2 aromatic carbocycles. The molecule has 5 nitrogen and oxygen atoms in total. The zero-order chi connectivity index (χ0) is 17.2. The highest BCUT2D eigenvalue weighted by molar-refractivity contribution is 5.40. The molecule has 1 aliphatic rings. The van der Waals surface area contributed by atoms with Crippen molar-refractivity contribution in [1.82, 2.24) is 14.8 Å². The second kappa shape index (κ2) is 6.59. The molecule has 1 N–H and O–H groups in total. The van der Waals surface area contributed by atoms with Crippen LogP contribution in [0.25, 0.3) is 0 Å². The van der Waals surface area contributed by atoms with E-state index in [-0.39, 0.29) is 12.1 Å². The van der Waals surface area contributed by atoms with Gasteiger partial charge in [0.2, 0.25) is 5.95 Å². The maximum Gasteiger partial charge on any atom is 0.222 e. The van der Waals surface area contributed by atoms with Crippen molar-refractivity contribution >= 4 is 5.95 Å². The number of benzene rings is 2. The van der Waals surface area contributed by atoms with E-state index in [0.717, 1.165) is 24.5 Å². The lowest BCUT2D eigenvalue weighted by Crippen LogP contribution is -2.28. The minimum Gasteiger partial charge on any atom is -0.497 e. The highest BCUT2D eigenvalue weighted by atomic mass is 16.5. The van der Waals surface area contributed by atoms with Crippen LogP contribution in [0.1, 0.15) is 42.1 Å². The van der Waals surface area contributed by atoms with Crippen LogP contribution in [0.15, 0.2) is 54.9 Å². The van der Waals surface area contributed by atoms with Gasteiger partial charge in [-0.2, -0.15) is 10.1 Å². The van der Waals surface area contributed by atoms with Gasteiger partial charge in [-0.25, -0.2) is 4.68 Å². The van der Waals surface area contributed by atoms with Gasteiger partial charge in [-0.1, -0.05) is 43.3 Å². The van der Waals surface area contributed by atoms with E-state index in [1.807, 2.05) is 16.8 Å². The van der Waals surface area contributed by atoms with Crippen LogP contribution in [0, 0.1) is 0 Å². The first-order valence-electron chi connectivity index (χ1n) is 8.67. The van der Waals surface area contributed by atoms with Gasteiger partial charge < -0.3 is 10.1 Å². The van der Waals surface area contributed by atoms with E-state index < -0.39 is 0 Å². The van der Waals surface area contributed by atoms with Crippen molar-refractivity contribution in [2.45, 2.75) is 31.8 Å². The second-order valence-corrected chi connectivity index (χ2v) is 6.35. The minimum absolute atomic E-state index is 0.167. The summed E-state index contributed by atoms with van der Waals surface area (Å²) in [4.78, 5) is 4.39. The van der Waals surface area contributed by atoms with Crippen LogP contribution < -0.4 is 10.1 Å². The lowest BCUT2D eigenvalue weighted by molar-refractivity contribution is 0.410. The number of ether oxygens (including phenoxy) is 1. The Bertz CT molecular complexity index is 856. The summed E-state index contributed by atoms with van der Waals surface area (Å²) in [6.07, 6.45) is 3.58. The number of rotatable bonds is 4. The van der Waals surface area contributed by atoms with Crippen LogP contribution >= 0.6 is 0 Å². The van der Waals surface area contributed by atoms with Crippen molar-refractivity contribution in [3.8, 4) is 5.75 Å². The third-order valence-electron chi connectivity index (χ3n) is 4.90. The number of methoxy groups -OCH3 is 1. The summed E-state index contributed by atoms with van der Waals surface area (Å²) in [6.45, 7) is 2.17. The molecule has 0 radical (unpaired) electrons. The summed E-state index contributed by atoms with van der Waals surface area (Å²) in [5.41, 5.74) is 3.81. The summed E-state index contributed by atoms with van der Waals surface area (Å²) >= 11 is 0. The average molecular weight is 334 g/mol. The largest absolute Gasteiger partial charge is 0.497 e. The van der Waals surface area contributed by atoms with Gasteiger partial charge in [0.15, 0.2) is 0 Å². The molecule has 0 saturated heterocycles. The van der Waals surface area contributed by atoms with E-state index >= 15 is 0 Å². The summed E-state index contributed by atoms with van der Waals surface area (Å²) in [5.74, 6) is 1.68. The first-order valence-corrected chi connectivity index (χ1v) is 8.67. The number of nitrogens with one attached hydrogen (secondary N) is 1. The van der Waals surface area contributed by atoms with Crippen LogP contribution in [0.4, 0.5) is 5.95 Å². The predicted molar refractivity (Wildman–Crippen MR) is 98.0 cm³/mol. The Morgan fingerprint density at radius 2 is 2.00 bits per heavy atom. The van der Waals surface area contributed by atoms with Gasteiger partial charge >= 0.3 is 0 Å². The summed E-state index contributed by atoms with van der Waals surface area (Å²) < 4.78 is 7.36. The lowest BCUT2D eigenvalue weighted by atomic mass is 9.92. The Morgan fingerprint density at radius 1 is 1.16 bits per heavy atom. The topological polar surface area (TPSA) is 52.0 Å². The maximum absolute atomic E-state index is 5.38. The Kier molecular flexibility index (Phi) is 4.14. The van der Waals surface area contributed by atoms with E-state index in [9.17, 15) is 0 Å². The fraction of sp³-hybridized carbons (Fsp3) is 0.300. The number of hydrogen-bond acceptors (Lipinski definition) is 4. The molecule has 1 aromatic heterocycles. The van der Waals surface area contributed by atoms with Gasteiger partial charge in [0.1, 0.15) is 12.1 Å². The maximum atomic E-state index is 5.38. The molecule has 0 bridgehead atoms. The van der Waals surface area contributed by atoms with E-state index in [1.54, 1.807) is 13.4 Å². The molecule has 2 heterocycles. The Balaban J connectivity index is 1.69. The van der Waals surface area contributed by atoms with Crippen molar-refractivity contribution in [2.75, 3.05) is 12.4 Å². The smallest absolute Gasteiger partial charge is 0.222 e. The van der Waals surface area contributed by atoms with Gasteiger partial charge in [0.05, 0.1) is 19.2 Å². The van der Waals surface area contributed by atoms with Crippen molar-refractivity contribution in [3.63, 3.8) is 0 Å². The van der Waals surface area contributed by atoms with E-state index in [2.05, 4.69) is 58.7 Å². The monoisotopic (exact) mass is 334 g/mol. The van der Waals surface area contributed by atoms with Gasteiger partial charge in [-0.05, 0) is 41.7 Å². The lowest BCUT2D eigenvalue weighted by Gasteiger charge is -2.32. The molecule has 0 amide bonds. The van der Waals surface area contributed by atoms with Gasteiger partial charge in [-0.15, -0.1) is 0 Å². The second-order valence-electron chi connectivity index (χ2n) is 6.35. The summed E-state index contributed by atoms with van der Waals surface area (Å²) in [6, 6.07) is 17.4. The molecule has 25 heavy (non-hydrogen) atoms. The van der Waals surface area contributed by atoms with Crippen LogP contribution in [-0.4, -0.2) is 21.9 Å². The molecule has 3 aromatic rings. The third-order valence-corrected chi connectivity index (χ3v) is 4.90. The number of aryl methyl sites for hydroxylation is 1. The fourth-order valence-corrected chi connectivity index (χ4v) is 3.45. The number of aromatic nitrogens is 3. The molecule has 0 unspecified atom stereocenters.